The lowest BCUT2D eigenvalue weighted by Crippen LogP contribution is -2.18. The number of hydrogen-bond donors (Lipinski definition) is 1. The lowest BCUT2D eigenvalue weighted by Gasteiger charge is -2.16. The molecule has 1 aliphatic carbocycles. The van der Waals surface area contributed by atoms with Gasteiger partial charge in [0.2, 0.25) is 11.9 Å². The van der Waals surface area contributed by atoms with Gasteiger partial charge in [0.1, 0.15) is 0 Å². The van der Waals surface area contributed by atoms with Crippen molar-refractivity contribution in [2.45, 2.75) is 44.6 Å². The van der Waals surface area contributed by atoms with Crippen LogP contribution in [0.25, 0.3) is 11.0 Å². The Morgan fingerprint density at radius 2 is 1.92 bits per heavy atom. The summed E-state index contributed by atoms with van der Waals surface area (Å²) in [4.78, 5) is 29.8. The molecule has 0 unspecified atom stereocenters. The van der Waals surface area contributed by atoms with Crippen molar-refractivity contribution in [3.8, 4) is 0 Å². The number of amides is 1. The zero-order chi connectivity index (χ0) is 17.9. The Labute approximate surface area is 156 Å². The molecule has 0 atom stereocenters. The van der Waals surface area contributed by atoms with Gasteiger partial charge in [-0.25, -0.2) is 4.98 Å². The highest BCUT2D eigenvalue weighted by atomic mass is 32.1. The van der Waals surface area contributed by atoms with E-state index in [4.69, 9.17) is 0 Å². The van der Waals surface area contributed by atoms with Crippen LogP contribution in [0.4, 0.5) is 5.95 Å². The molecule has 5 nitrogen and oxygen atoms in total. The van der Waals surface area contributed by atoms with Gasteiger partial charge in [-0.2, -0.15) is 0 Å². The molecule has 1 amide bonds. The number of aromatic nitrogens is 2. The lowest BCUT2D eigenvalue weighted by atomic mass is 10.2. The van der Waals surface area contributed by atoms with Gasteiger partial charge in [-0.1, -0.05) is 31.0 Å². The van der Waals surface area contributed by atoms with Crippen LogP contribution in [-0.2, 0) is 4.79 Å². The van der Waals surface area contributed by atoms with Crippen LogP contribution in [0.15, 0.2) is 41.8 Å². The summed E-state index contributed by atoms with van der Waals surface area (Å²) < 4.78 is 2.17. The second-order valence-corrected chi connectivity index (χ2v) is 7.63. The molecule has 0 radical (unpaired) electrons. The number of imidazole rings is 1. The van der Waals surface area contributed by atoms with Gasteiger partial charge in [0.25, 0.3) is 0 Å². The van der Waals surface area contributed by atoms with E-state index in [1.54, 1.807) is 6.07 Å². The van der Waals surface area contributed by atoms with Gasteiger partial charge in [-0.3, -0.25) is 14.9 Å². The maximum absolute atomic E-state index is 12.4. The molecule has 0 saturated heterocycles. The number of carbonyl (C=O) groups excluding carboxylic acids is 2. The molecule has 1 aromatic carbocycles. The van der Waals surface area contributed by atoms with Gasteiger partial charge >= 0.3 is 0 Å². The van der Waals surface area contributed by atoms with Crippen molar-refractivity contribution in [3.63, 3.8) is 0 Å². The third kappa shape index (κ3) is 3.42. The van der Waals surface area contributed by atoms with Crippen molar-refractivity contribution >= 4 is 40.0 Å². The van der Waals surface area contributed by atoms with Crippen molar-refractivity contribution in [2.24, 2.45) is 0 Å². The van der Waals surface area contributed by atoms with Gasteiger partial charge in [0, 0.05) is 18.9 Å². The summed E-state index contributed by atoms with van der Waals surface area (Å²) in [6.45, 7) is 0. The highest BCUT2D eigenvalue weighted by molar-refractivity contribution is 7.12. The Balaban J connectivity index is 1.50. The first-order valence-corrected chi connectivity index (χ1v) is 9.94. The van der Waals surface area contributed by atoms with Gasteiger partial charge in [0.05, 0.1) is 15.9 Å². The van der Waals surface area contributed by atoms with Crippen molar-refractivity contribution in [3.05, 3.63) is 46.7 Å². The number of ketones is 1. The van der Waals surface area contributed by atoms with E-state index in [1.165, 1.54) is 24.2 Å². The van der Waals surface area contributed by atoms with Gasteiger partial charge in [-0.05, 0) is 36.4 Å². The van der Waals surface area contributed by atoms with E-state index in [1.807, 2.05) is 29.6 Å². The van der Waals surface area contributed by atoms with E-state index < -0.39 is 0 Å². The molecule has 0 bridgehead atoms. The van der Waals surface area contributed by atoms with Crippen molar-refractivity contribution in [2.75, 3.05) is 5.32 Å². The fraction of sp³-hybridized carbons (Fsp3) is 0.350. The molecule has 2 aromatic heterocycles. The van der Waals surface area contributed by atoms with Crippen LogP contribution >= 0.6 is 11.3 Å². The summed E-state index contributed by atoms with van der Waals surface area (Å²) in [5.41, 5.74) is 1.95. The van der Waals surface area contributed by atoms with Crippen LogP contribution in [-0.4, -0.2) is 21.2 Å². The standard InChI is InChI=1S/C20H21N3O2S/c24-17(18-10-5-13-26-18)11-12-19(25)22-20-21-15-8-3-4-9-16(15)23(20)14-6-1-2-7-14/h3-5,8-10,13-14H,1-2,6-7,11-12H2,(H,21,22,25). The normalized spacial score (nSPS) is 14.8. The topological polar surface area (TPSA) is 64.0 Å². The number of anilines is 1. The summed E-state index contributed by atoms with van der Waals surface area (Å²) in [5.74, 6) is 0.454. The van der Waals surface area contributed by atoms with Crippen LogP contribution < -0.4 is 5.32 Å². The van der Waals surface area contributed by atoms with E-state index in [0.717, 1.165) is 23.9 Å². The van der Waals surface area contributed by atoms with Crippen LogP contribution in [0.3, 0.4) is 0 Å². The van der Waals surface area contributed by atoms with Crippen molar-refractivity contribution in [1.29, 1.82) is 0 Å². The molecule has 0 aliphatic heterocycles. The monoisotopic (exact) mass is 367 g/mol. The van der Waals surface area contributed by atoms with Crippen LogP contribution in [0, 0.1) is 0 Å². The summed E-state index contributed by atoms with van der Waals surface area (Å²) in [6.07, 6.45) is 5.03. The van der Waals surface area contributed by atoms with Gasteiger partial charge in [-0.15, -0.1) is 11.3 Å². The number of thiophene rings is 1. The quantitative estimate of drug-likeness (QED) is 0.636. The van der Waals surface area contributed by atoms with Crippen LogP contribution in [0.2, 0.25) is 0 Å². The number of fused-ring (bicyclic) bond motifs is 1. The van der Waals surface area contributed by atoms with Gasteiger partial charge < -0.3 is 4.57 Å². The molecule has 3 aromatic rings. The number of rotatable bonds is 6. The predicted molar refractivity (Wildman–Crippen MR) is 104 cm³/mol. The second kappa shape index (κ2) is 7.41. The zero-order valence-corrected chi connectivity index (χ0v) is 15.3. The molecule has 1 aliphatic rings. The molecular weight excluding hydrogens is 346 g/mol. The molecule has 26 heavy (non-hydrogen) atoms. The van der Waals surface area contributed by atoms with Crippen molar-refractivity contribution in [1.82, 2.24) is 9.55 Å². The Bertz CT molecular complexity index is 924. The Morgan fingerprint density at radius 3 is 2.69 bits per heavy atom. The van der Waals surface area contributed by atoms with E-state index >= 15 is 0 Å². The van der Waals surface area contributed by atoms with E-state index in [-0.39, 0.29) is 24.5 Å². The number of hydrogen-bond acceptors (Lipinski definition) is 4. The van der Waals surface area contributed by atoms with Crippen molar-refractivity contribution < 1.29 is 9.59 Å². The molecular formula is C20H21N3O2S. The molecule has 134 valence electrons. The molecule has 1 fully saturated rings. The lowest BCUT2D eigenvalue weighted by molar-refractivity contribution is -0.116. The van der Waals surface area contributed by atoms with Crippen LogP contribution in [0.1, 0.15) is 54.2 Å². The fourth-order valence-corrected chi connectivity index (χ4v) is 4.33. The van der Waals surface area contributed by atoms with Crippen LogP contribution in [0.5, 0.6) is 0 Å². The third-order valence-electron chi connectivity index (χ3n) is 4.91. The Morgan fingerprint density at radius 1 is 1.12 bits per heavy atom. The minimum absolute atomic E-state index is 0.0134. The average Bonchev–Trinajstić information content (AvgIpc) is 3.38. The number of benzene rings is 1. The van der Waals surface area contributed by atoms with Gasteiger partial charge in [0.15, 0.2) is 5.78 Å². The first-order chi connectivity index (χ1) is 12.7. The number of carbonyl (C=O) groups is 2. The highest BCUT2D eigenvalue weighted by Crippen LogP contribution is 2.35. The first kappa shape index (κ1) is 17.0. The smallest absolute Gasteiger partial charge is 0.227 e. The molecule has 1 saturated carbocycles. The number of nitrogens with one attached hydrogen (secondary N) is 1. The van der Waals surface area contributed by atoms with E-state index in [2.05, 4.69) is 20.9 Å². The van der Waals surface area contributed by atoms with E-state index in [9.17, 15) is 9.59 Å². The number of nitrogens with zero attached hydrogens (tertiary/aromatic N) is 2. The Hall–Kier alpha value is -2.47. The number of para-hydroxylation sites is 2. The third-order valence-corrected chi connectivity index (χ3v) is 5.82. The maximum atomic E-state index is 12.4. The maximum Gasteiger partial charge on any atom is 0.227 e. The second-order valence-electron chi connectivity index (χ2n) is 6.68. The summed E-state index contributed by atoms with van der Waals surface area (Å²) in [6, 6.07) is 12.0. The largest absolute Gasteiger partial charge is 0.307 e. The molecule has 6 heteroatoms. The first-order valence-electron chi connectivity index (χ1n) is 9.06. The van der Waals surface area contributed by atoms with E-state index in [0.29, 0.717) is 16.9 Å². The Kier molecular flexibility index (Phi) is 4.84. The average molecular weight is 367 g/mol. The molecule has 2 heterocycles. The zero-order valence-electron chi connectivity index (χ0n) is 14.5. The summed E-state index contributed by atoms with van der Waals surface area (Å²) in [7, 11) is 0. The predicted octanol–water partition coefficient (Wildman–Crippen LogP) is 4.81. The SMILES string of the molecule is O=C(CCC(=O)c1cccs1)Nc1nc2ccccc2n1C1CCCC1. The molecule has 0 spiro atoms. The highest BCUT2D eigenvalue weighted by Gasteiger charge is 2.23. The minimum Gasteiger partial charge on any atom is -0.307 e. The summed E-state index contributed by atoms with van der Waals surface area (Å²) >= 11 is 1.41. The molecule has 1 N–H and O–H groups in total. The number of Topliss-reactive ketones (excluding diaryl/α,β-unsaturated/α-hetero) is 1. The molecule has 4 rings (SSSR count). The minimum atomic E-state index is -0.163. The summed E-state index contributed by atoms with van der Waals surface area (Å²) in [5, 5.41) is 4.81. The fourth-order valence-electron chi connectivity index (χ4n) is 3.64.